The van der Waals surface area contributed by atoms with Crippen molar-refractivity contribution in [3.8, 4) is 5.75 Å². The van der Waals surface area contributed by atoms with Crippen molar-refractivity contribution in [2.75, 3.05) is 6.61 Å². The molecule has 2 rings (SSSR count). The lowest BCUT2D eigenvalue weighted by atomic mass is 9.95. The van der Waals surface area contributed by atoms with Gasteiger partial charge >= 0.3 is 5.97 Å². The summed E-state index contributed by atoms with van der Waals surface area (Å²) in [5.74, 6) is -0.640. The van der Waals surface area contributed by atoms with Crippen LogP contribution in [0, 0.1) is 0 Å². The number of phenols is 1. The SMILES string of the molecule is CCOC(=O)c1cccc(C(C)c2cnc[nH]2)c1O. The van der Waals surface area contributed by atoms with Crippen molar-refractivity contribution in [2.45, 2.75) is 19.8 Å². The van der Waals surface area contributed by atoms with Gasteiger partial charge in [0.05, 0.1) is 12.9 Å². The summed E-state index contributed by atoms with van der Waals surface area (Å²) in [4.78, 5) is 18.7. The third-order valence-corrected chi connectivity index (χ3v) is 3.01. The molecule has 0 fully saturated rings. The van der Waals surface area contributed by atoms with Crippen molar-refractivity contribution >= 4 is 5.97 Å². The fourth-order valence-electron chi connectivity index (χ4n) is 1.96. The molecule has 0 aliphatic rings. The Bertz CT molecular complexity index is 564. The molecule has 0 amide bonds. The average molecular weight is 260 g/mol. The van der Waals surface area contributed by atoms with E-state index in [4.69, 9.17) is 4.74 Å². The van der Waals surface area contributed by atoms with Gasteiger partial charge < -0.3 is 14.8 Å². The molecule has 0 aliphatic carbocycles. The van der Waals surface area contributed by atoms with Gasteiger partial charge in [0.1, 0.15) is 11.3 Å². The van der Waals surface area contributed by atoms with E-state index in [9.17, 15) is 9.90 Å². The van der Waals surface area contributed by atoms with Gasteiger partial charge in [-0.2, -0.15) is 0 Å². The number of nitrogens with zero attached hydrogens (tertiary/aromatic N) is 1. The van der Waals surface area contributed by atoms with Crippen LogP contribution in [0.2, 0.25) is 0 Å². The van der Waals surface area contributed by atoms with Crippen molar-refractivity contribution in [1.29, 1.82) is 0 Å². The zero-order chi connectivity index (χ0) is 13.8. The highest BCUT2D eigenvalue weighted by Crippen LogP contribution is 2.32. The molecule has 1 aromatic carbocycles. The molecule has 2 aromatic rings. The Kier molecular flexibility index (Phi) is 3.85. The van der Waals surface area contributed by atoms with Crippen LogP contribution in [0.4, 0.5) is 0 Å². The van der Waals surface area contributed by atoms with E-state index in [2.05, 4.69) is 9.97 Å². The number of ether oxygens (including phenoxy) is 1. The van der Waals surface area contributed by atoms with E-state index in [1.165, 1.54) is 0 Å². The summed E-state index contributed by atoms with van der Waals surface area (Å²) in [6.07, 6.45) is 3.28. The molecule has 0 spiro atoms. The maximum absolute atomic E-state index is 11.7. The number of carbonyl (C=O) groups excluding carboxylic acids is 1. The number of aromatic hydroxyl groups is 1. The predicted octanol–water partition coefficient (Wildman–Crippen LogP) is 2.44. The van der Waals surface area contributed by atoms with Gasteiger partial charge in [-0.3, -0.25) is 0 Å². The number of H-pyrrole nitrogens is 1. The summed E-state index contributed by atoms with van der Waals surface area (Å²) in [5.41, 5.74) is 1.72. The monoisotopic (exact) mass is 260 g/mol. The third-order valence-electron chi connectivity index (χ3n) is 3.01. The number of phenolic OH excluding ortho intramolecular Hbond substituents is 1. The zero-order valence-corrected chi connectivity index (χ0v) is 10.9. The minimum Gasteiger partial charge on any atom is -0.507 e. The summed E-state index contributed by atoms with van der Waals surface area (Å²) in [7, 11) is 0. The molecular weight excluding hydrogens is 244 g/mol. The van der Waals surface area contributed by atoms with Crippen LogP contribution in [0.15, 0.2) is 30.7 Å². The van der Waals surface area contributed by atoms with Gasteiger partial charge in [0.15, 0.2) is 0 Å². The standard InChI is InChI=1S/C14H16N2O3/c1-3-19-14(18)11-6-4-5-10(13(11)17)9(2)12-7-15-8-16-12/h4-9,17H,3H2,1-2H3,(H,15,16). The number of esters is 1. The van der Waals surface area contributed by atoms with Gasteiger partial charge in [0, 0.05) is 23.4 Å². The van der Waals surface area contributed by atoms with E-state index in [1.54, 1.807) is 37.6 Å². The summed E-state index contributed by atoms with van der Waals surface area (Å²) in [5, 5.41) is 10.2. The van der Waals surface area contributed by atoms with Crippen molar-refractivity contribution in [3.05, 3.63) is 47.5 Å². The fraction of sp³-hybridized carbons (Fsp3) is 0.286. The molecule has 2 N–H and O–H groups in total. The minimum atomic E-state index is -0.515. The molecule has 19 heavy (non-hydrogen) atoms. The highest BCUT2D eigenvalue weighted by atomic mass is 16.5. The van der Waals surface area contributed by atoms with E-state index in [1.807, 2.05) is 6.92 Å². The van der Waals surface area contributed by atoms with Crippen LogP contribution in [0.1, 0.15) is 41.4 Å². The number of nitrogens with one attached hydrogen (secondary N) is 1. The number of benzene rings is 1. The van der Waals surface area contributed by atoms with Gasteiger partial charge in [-0.25, -0.2) is 9.78 Å². The number of aromatic nitrogens is 2. The van der Waals surface area contributed by atoms with Gasteiger partial charge in [0.25, 0.3) is 0 Å². The molecule has 5 nitrogen and oxygen atoms in total. The first-order valence-corrected chi connectivity index (χ1v) is 6.12. The first-order valence-electron chi connectivity index (χ1n) is 6.12. The van der Waals surface area contributed by atoms with Crippen molar-refractivity contribution in [1.82, 2.24) is 9.97 Å². The second-order valence-electron chi connectivity index (χ2n) is 4.19. The molecule has 1 aromatic heterocycles. The maximum atomic E-state index is 11.7. The van der Waals surface area contributed by atoms with Crippen LogP contribution in [-0.4, -0.2) is 27.7 Å². The van der Waals surface area contributed by atoms with E-state index in [0.717, 1.165) is 5.69 Å². The topological polar surface area (TPSA) is 75.2 Å². The number of hydrogen-bond acceptors (Lipinski definition) is 4. The van der Waals surface area contributed by atoms with Crippen molar-refractivity contribution in [3.63, 3.8) is 0 Å². The number of aromatic amines is 1. The van der Waals surface area contributed by atoms with Crippen LogP contribution in [0.5, 0.6) is 5.75 Å². The molecule has 1 atom stereocenters. The Morgan fingerprint density at radius 2 is 2.32 bits per heavy atom. The van der Waals surface area contributed by atoms with Crippen molar-refractivity contribution < 1.29 is 14.6 Å². The average Bonchev–Trinajstić information content (AvgIpc) is 2.92. The number of para-hydroxylation sites is 1. The van der Waals surface area contributed by atoms with E-state index in [0.29, 0.717) is 5.56 Å². The first kappa shape index (κ1) is 13.1. The molecule has 5 heteroatoms. The Morgan fingerprint density at radius 3 is 2.95 bits per heavy atom. The molecule has 0 radical (unpaired) electrons. The molecule has 0 aliphatic heterocycles. The van der Waals surface area contributed by atoms with Crippen LogP contribution >= 0.6 is 0 Å². The van der Waals surface area contributed by atoms with Gasteiger partial charge in [0.2, 0.25) is 0 Å². The Morgan fingerprint density at radius 1 is 1.53 bits per heavy atom. The van der Waals surface area contributed by atoms with Crippen LogP contribution in [0.3, 0.4) is 0 Å². The quantitative estimate of drug-likeness (QED) is 0.828. The van der Waals surface area contributed by atoms with Crippen LogP contribution < -0.4 is 0 Å². The molecule has 0 bridgehead atoms. The third kappa shape index (κ3) is 2.59. The Labute approximate surface area is 111 Å². The fourth-order valence-corrected chi connectivity index (χ4v) is 1.96. The largest absolute Gasteiger partial charge is 0.507 e. The number of imidazole rings is 1. The van der Waals surface area contributed by atoms with E-state index in [-0.39, 0.29) is 23.8 Å². The summed E-state index contributed by atoms with van der Waals surface area (Å²) >= 11 is 0. The summed E-state index contributed by atoms with van der Waals surface area (Å²) < 4.78 is 4.92. The maximum Gasteiger partial charge on any atom is 0.341 e. The number of carbonyl (C=O) groups is 1. The molecule has 1 heterocycles. The first-order chi connectivity index (χ1) is 9.15. The molecule has 1 unspecified atom stereocenters. The van der Waals surface area contributed by atoms with Crippen LogP contribution in [0.25, 0.3) is 0 Å². The lowest BCUT2D eigenvalue weighted by Crippen LogP contribution is -2.07. The lowest BCUT2D eigenvalue weighted by molar-refractivity contribution is 0.0523. The Hall–Kier alpha value is -2.30. The highest BCUT2D eigenvalue weighted by Gasteiger charge is 2.20. The van der Waals surface area contributed by atoms with Crippen molar-refractivity contribution in [2.24, 2.45) is 0 Å². The number of hydrogen-bond donors (Lipinski definition) is 2. The Balaban J connectivity index is 2.37. The molecule has 100 valence electrons. The minimum absolute atomic E-state index is 0.0388. The smallest absolute Gasteiger partial charge is 0.341 e. The molecule has 0 saturated heterocycles. The normalized spacial score (nSPS) is 12.1. The van der Waals surface area contributed by atoms with Gasteiger partial charge in [-0.15, -0.1) is 0 Å². The molecule has 0 saturated carbocycles. The molecular formula is C14H16N2O3. The summed E-state index contributed by atoms with van der Waals surface area (Å²) in [6, 6.07) is 5.06. The summed E-state index contributed by atoms with van der Waals surface area (Å²) in [6.45, 7) is 3.93. The number of rotatable bonds is 4. The van der Waals surface area contributed by atoms with Crippen LogP contribution in [-0.2, 0) is 4.74 Å². The second-order valence-corrected chi connectivity index (χ2v) is 4.19. The lowest BCUT2D eigenvalue weighted by Gasteiger charge is -2.14. The van der Waals surface area contributed by atoms with E-state index < -0.39 is 5.97 Å². The zero-order valence-electron chi connectivity index (χ0n) is 10.9. The van der Waals surface area contributed by atoms with E-state index >= 15 is 0 Å². The van der Waals surface area contributed by atoms with Gasteiger partial charge in [-0.1, -0.05) is 19.1 Å². The highest BCUT2D eigenvalue weighted by molar-refractivity contribution is 5.93. The van der Waals surface area contributed by atoms with Gasteiger partial charge in [-0.05, 0) is 13.0 Å². The second kappa shape index (κ2) is 5.56. The predicted molar refractivity (Wildman–Crippen MR) is 70.2 cm³/mol.